The summed E-state index contributed by atoms with van der Waals surface area (Å²) in [5.41, 5.74) is 1.91. The fourth-order valence-electron chi connectivity index (χ4n) is 5.38. The summed E-state index contributed by atoms with van der Waals surface area (Å²) in [6.07, 6.45) is -3.13. The van der Waals surface area contributed by atoms with E-state index >= 15 is 0 Å². The summed E-state index contributed by atoms with van der Waals surface area (Å²) in [6, 6.07) is 7.51. The molecule has 2 aromatic rings. The normalized spacial score (nSPS) is 21.7. The number of hydrogen-bond donors (Lipinski definition) is 0. The smallest absolute Gasteiger partial charge is 0.416 e. The summed E-state index contributed by atoms with van der Waals surface area (Å²) in [4.78, 5) is 16.9. The molecule has 1 amide bonds. The largest absolute Gasteiger partial charge is 0.491 e. The van der Waals surface area contributed by atoms with Gasteiger partial charge >= 0.3 is 12.3 Å². The van der Waals surface area contributed by atoms with Crippen LogP contribution in [0, 0.1) is 0 Å². The van der Waals surface area contributed by atoms with Crippen molar-refractivity contribution in [2.24, 2.45) is 0 Å². The Kier molecular flexibility index (Phi) is 5.86. The van der Waals surface area contributed by atoms with Crippen LogP contribution in [0.15, 0.2) is 30.3 Å². The molecule has 0 N–H and O–H groups in total. The van der Waals surface area contributed by atoms with Crippen LogP contribution >= 0.6 is 11.6 Å². The maximum atomic E-state index is 13.2. The predicted molar refractivity (Wildman–Crippen MR) is 128 cm³/mol. The molecule has 0 aliphatic carbocycles. The number of nitrogens with zero attached hydrogens (tertiary/aromatic N) is 2. The number of rotatable bonds is 1. The van der Waals surface area contributed by atoms with Crippen molar-refractivity contribution in [3.05, 3.63) is 46.5 Å². The summed E-state index contributed by atoms with van der Waals surface area (Å²) < 4.78 is 51.2. The highest BCUT2D eigenvalue weighted by molar-refractivity contribution is 6.33. The minimum Gasteiger partial charge on any atom is -0.491 e. The third-order valence-corrected chi connectivity index (χ3v) is 7.14. The van der Waals surface area contributed by atoms with Crippen LogP contribution in [0.1, 0.15) is 50.7 Å². The minimum atomic E-state index is -4.46. The van der Waals surface area contributed by atoms with Gasteiger partial charge in [0.2, 0.25) is 0 Å². The molecule has 3 heterocycles. The number of alkyl halides is 3. The van der Waals surface area contributed by atoms with Crippen molar-refractivity contribution in [2.75, 3.05) is 31.1 Å². The molecule has 0 unspecified atom stereocenters. The van der Waals surface area contributed by atoms with E-state index < -0.39 is 17.3 Å². The Morgan fingerprint density at radius 2 is 1.91 bits per heavy atom. The summed E-state index contributed by atoms with van der Waals surface area (Å²) in [5, 5.41) is 0.0334. The second-order valence-corrected chi connectivity index (χ2v) is 10.8. The van der Waals surface area contributed by atoms with E-state index in [1.54, 1.807) is 4.90 Å². The van der Waals surface area contributed by atoms with Crippen molar-refractivity contribution in [2.45, 2.75) is 57.3 Å². The molecule has 0 saturated carbocycles. The summed E-state index contributed by atoms with van der Waals surface area (Å²) >= 11 is 6.33. The van der Waals surface area contributed by atoms with E-state index in [0.717, 1.165) is 42.8 Å². The first-order valence-corrected chi connectivity index (χ1v) is 12.2. The number of benzene rings is 2. The molecule has 3 aliphatic rings. The number of halogens is 4. The highest BCUT2D eigenvalue weighted by Crippen LogP contribution is 2.52. The van der Waals surface area contributed by atoms with Gasteiger partial charge in [-0.15, -0.1) is 0 Å². The van der Waals surface area contributed by atoms with Crippen molar-refractivity contribution >= 4 is 23.4 Å². The molecule has 3 aliphatic heterocycles. The van der Waals surface area contributed by atoms with Crippen LogP contribution in [0.25, 0.3) is 11.1 Å². The number of hydrogen-bond acceptors (Lipinski definition) is 4. The highest BCUT2D eigenvalue weighted by atomic mass is 35.5. The zero-order valence-electron chi connectivity index (χ0n) is 19.9. The van der Waals surface area contributed by atoms with Crippen LogP contribution in [0.2, 0.25) is 5.02 Å². The van der Waals surface area contributed by atoms with Crippen molar-refractivity contribution < 1.29 is 27.4 Å². The first-order chi connectivity index (χ1) is 16.4. The third kappa shape index (κ3) is 4.53. The van der Waals surface area contributed by atoms with E-state index in [0.29, 0.717) is 36.6 Å². The van der Waals surface area contributed by atoms with Gasteiger partial charge in [0, 0.05) is 42.2 Å². The quantitative estimate of drug-likeness (QED) is 0.429. The standard InChI is InChI=1S/C26H28ClF3N2O3/c1-25(2,3)35-24(33)31-9-7-21-19(14-31)18-11-15(12-22-23(18)32(21)8-4-10-34-22)17-6-5-16(13-20(17)27)26(28,29)30/h5-6,11-13,19,21H,4,7-10,14H2,1-3H3/t19-,21-/m0/s1. The van der Waals surface area contributed by atoms with Gasteiger partial charge in [-0.2, -0.15) is 13.2 Å². The van der Waals surface area contributed by atoms with Gasteiger partial charge in [-0.3, -0.25) is 0 Å². The van der Waals surface area contributed by atoms with Gasteiger partial charge in [0.15, 0.2) is 0 Å². The molecule has 1 fully saturated rings. The molecule has 0 spiro atoms. The fraction of sp³-hybridized carbons (Fsp3) is 0.500. The van der Waals surface area contributed by atoms with Crippen molar-refractivity contribution in [1.82, 2.24) is 4.90 Å². The zero-order valence-corrected chi connectivity index (χ0v) is 20.7. The lowest BCUT2D eigenvalue weighted by molar-refractivity contribution is -0.137. The van der Waals surface area contributed by atoms with Crippen LogP contribution < -0.4 is 9.64 Å². The topological polar surface area (TPSA) is 42.0 Å². The average molecular weight is 509 g/mol. The zero-order chi connectivity index (χ0) is 25.1. The maximum absolute atomic E-state index is 13.2. The Morgan fingerprint density at radius 3 is 2.60 bits per heavy atom. The van der Waals surface area contributed by atoms with Crippen LogP contribution in [0.5, 0.6) is 5.75 Å². The molecule has 0 aromatic heterocycles. The summed E-state index contributed by atoms with van der Waals surface area (Å²) in [5.74, 6) is 0.754. The van der Waals surface area contributed by atoms with Crippen molar-refractivity contribution in [3.8, 4) is 16.9 Å². The first-order valence-electron chi connectivity index (χ1n) is 11.8. The number of ether oxygens (including phenoxy) is 2. The SMILES string of the molecule is CC(C)(C)OC(=O)N1CC[C@H]2[C@@H](C1)c1cc(-c3ccc(C(F)(F)F)cc3Cl)cc3c1N2CCCO3. The summed E-state index contributed by atoms with van der Waals surface area (Å²) in [7, 11) is 0. The Bertz CT molecular complexity index is 1160. The van der Waals surface area contributed by atoms with Gasteiger partial charge in [-0.1, -0.05) is 17.7 Å². The lowest BCUT2D eigenvalue weighted by Gasteiger charge is -2.39. The number of amides is 1. The van der Waals surface area contributed by atoms with Crippen LogP contribution in [-0.2, 0) is 10.9 Å². The molecule has 2 atom stereocenters. The molecule has 0 bridgehead atoms. The van der Waals surface area contributed by atoms with Crippen LogP contribution in [-0.4, -0.2) is 48.9 Å². The Labute approximate surface area is 207 Å². The second-order valence-electron chi connectivity index (χ2n) is 10.4. The molecule has 188 valence electrons. The first kappa shape index (κ1) is 24.1. The molecule has 5 nitrogen and oxygen atoms in total. The third-order valence-electron chi connectivity index (χ3n) is 6.83. The highest BCUT2D eigenvalue weighted by Gasteiger charge is 2.45. The van der Waals surface area contributed by atoms with E-state index in [1.807, 2.05) is 32.9 Å². The number of carbonyl (C=O) groups is 1. The van der Waals surface area contributed by atoms with Gasteiger partial charge in [-0.25, -0.2) is 4.79 Å². The van der Waals surface area contributed by atoms with E-state index in [1.165, 1.54) is 6.07 Å². The van der Waals surface area contributed by atoms with Gasteiger partial charge in [0.25, 0.3) is 0 Å². The van der Waals surface area contributed by atoms with Gasteiger partial charge in [-0.05, 0) is 69.0 Å². The Morgan fingerprint density at radius 1 is 1.14 bits per heavy atom. The molecule has 1 saturated heterocycles. The predicted octanol–water partition coefficient (Wildman–Crippen LogP) is 6.72. The lowest BCUT2D eigenvalue weighted by Crippen LogP contribution is -2.49. The molecule has 5 rings (SSSR count). The number of likely N-dealkylation sites (tertiary alicyclic amines) is 1. The Hall–Kier alpha value is -2.61. The second kappa shape index (κ2) is 8.50. The van der Waals surface area contributed by atoms with Crippen molar-refractivity contribution in [3.63, 3.8) is 0 Å². The Balaban J connectivity index is 1.54. The molecule has 2 aromatic carbocycles. The number of fused-ring (bicyclic) bond motifs is 3. The van der Waals surface area contributed by atoms with Gasteiger partial charge < -0.3 is 19.3 Å². The van der Waals surface area contributed by atoms with Crippen LogP contribution in [0.4, 0.5) is 23.7 Å². The molecule has 0 radical (unpaired) electrons. The van der Waals surface area contributed by atoms with E-state index in [9.17, 15) is 18.0 Å². The monoisotopic (exact) mass is 508 g/mol. The molecule has 35 heavy (non-hydrogen) atoms. The van der Waals surface area contributed by atoms with E-state index in [4.69, 9.17) is 21.1 Å². The lowest BCUT2D eigenvalue weighted by atomic mass is 9.87. The molecular weight excluding hydrogens is 481 g/mol. The van der Waals surface area contributed by atoms with Gasteiger partial charge in [0.05, 0.1) is 17.9 Å². The molecule has 9 heteroatoms. The molecular formula is C26H28ClF3N2O3. The van der Waals surface area contributed by atoms with Crippen LogP contribution in [0.3, 0.4) is 0 Å². The fourth-order valence-corrected chi connectivity index (χ4v) is 5.67. The van der Waals surface area contributed by atoms with E-state index in [2.05, 4.69) is 4.90 Å². The summed E-state index contributed by atoms with van der Waals surface area (Å²) in [6.45, 7) is 8.07. The minimum absolute atomic E-state index is 0.0334. The number of anilines is 1. The maximum Gasteiger partial charge on any atom is 0.416 e. The number of carbonyl (C=O) groups excluding carboxylic acids is 1. The van der Waals surface area contributed by atoms with E-state index in [-0.39, 0.29) is 23.1 Å². The van der Waals surface area contributed by atoms with Crippen molar-refractivity contribution in [1.29, 1.82) is 0 Å². The average Bonchev–Trinajstić information content (AvgIpc) is 2.92. The van der Waals surface area contributed by atoms with Gasteiger partial charge in [0.1, 0.15) is 11.4 Å². The number of piperidine rings is 1.